The van der Waals surface area contributed by atoms with Crippen LogP contribution in [-0.2, 0) is 6.42 Å². The van der Waals surface area contributed by atoms with Crippen molar-refractivity contribution in [2.45, 2.75) is 64.1 Å². The van der Waals surface area contributed by atoms with E-state index in [2.05, 4.69) is 21.2 Å². The summed E-state index contributed by atoms with van der Waals surface area (Å²) in [4.78, 5) is 30.2. The lowest BCUT2D eigenvalue weighted by atomic mass is 9.92. The molecule has 2 heterocycles. The Balaban J connectivity index is 1.28. The molecule has 0 spiro atoms. The van der Waals surface area contributed by atoms with Crippen molar-refractivity contribution in [3.05, 3.63) is 59.2 Å². The highest BCUT2D eigenvalue weighted by Gasteiger charge is 2.37. The summed E-state index contributed by atoms with van der Waals surface area (Å²) in [6.45, 7) is 6.90. The van der Waals surface area contributed by atoms with Crippen molar-refractivity contribution in [3.8, 4) is 11.1 Å². The van der Waals surface area contributed by atoms with E-state index in [0.29, 0.717) is 11.6 Å². The molecule has 0 unspecified atom stereocenters. The van der Waals surface area contributed by atoms with Crippen molar-refractivity contribution in [1.82, 2.24) is 15.1 Å². The summed E-state index contributed by atoms with van der Waals surface area (Å²) in [6.07, 6.45) is 6.03. The third kappa shape index (κ3) is 4.06. The van der Waals surface area contributed by atoms with Crippen molar-refractivity contribution in [2.24, 2.45) is 0 Å². The number of carbonyl (C=O) groups is 2. The zero-order chi connectivity index (χ0) is 22.2. The highest BCUT2D eigenvalue weighted by Crippen LogP contribution is 2.32. The Morgan fingerprint density at radius 3 is 2.41 bits per heavy atom. The topological polar surface area (TPSA) is 52.7 Å². The standard InChI is InChI=1S/C27H33N3O2/c1-18(2)28-26(31)20-8-6-19(7-9-20)21-10-11-25-22(16-21)12-15-30(27(25)32)24-13-14-29(17-24)23-4-3-5-23/h6-11,16,18,23-24H,3-5,12-15,17H2,1-2H3,(H,28,31)/t24-/m0/s1. The maximum absolute atomic E-state index is 13.3. The molecule has 5 rings (SSSR count). The summed E-state index contributed by atoms with van der Waals surface area (Å²) in [5.74, 6) is 0.143. The largest absolute Gasteiger partial charge is 0.350 e. The first-order valence-corrected chi connectivity index (χ1v) is 12.1. The van der Waals surface area contributed by atoms with Gasteiger partial charge in [0.15, 0.2) is 0 Å². The molecule has 1 N–H and O–H groups in total. The van der Waals surface area contributed by atoms with Crippen LogP contribution in [0.1, 0.15) is 65.8 Å². The lowest BCUT2D eigenvalue weighted by Crippen LogP contribution is -2.47. The van der Waals surface area contributed by atoms with E-state index in [1.165, 1.54) is 19.3 Å². The molecule has 3 aliphatic rings. The van der Waals surface area contributed by atoms with Crippen LogP contribution in [-0.4, -0.2) is 59.4 Å². The predicted octanol–water partition coefficient (Wildman–Crippen LogP) is 4.12. The van der Waals surface area contributed by atoms with Crippen molar-refractivity contribution in [2.75, 3.05) is 19.6 Å². The van der Waals surface area contributed by atoms with Gasteiger partial charge in [0.25, 0.3) is 11.8 Å². The Morgan fingerprint density at radius 1 is 0.969 bits per heavy atom. The second-order valence-corrected chi connectivity index (χ2v) is 9.85. The lowest BCUT2D eigenvalue weighted by Gasteiger charge is -2.37. The molecule has 168 valence electrons. The number of rotatable bonds is 5. The van der Waals surface area contributed by atoms with Gasteiger partial charge in [-0.1, -0.05) is 30.7 Å². The normalized spacial score (nSPS) is 21.5. The van der Waals surface area contributed by atoms with Crippen molar-refractivity contribution in [1.29, 1.82) is 0 Å². The second kappa shape index (κ2) is 8.70. The number of fused-ring (bicyclic) bond motifs is 1. The van der Waals surface area contributed by atoms with Crippen molar-refractivity contribution >= 4 is 11.8 Å². The van der Waals surface area contributed by atoms with Crippen LogP contribution in [0.3, 0.4) is 0 Å². The van der Waals surface area contributed by atoms with Crippen molar-refractivity contribution in [3.63, 3.8) is 0 Å². The van der Waals surface area contributed by atoms with Gasteiger partial charge in [-0.25, -0.2) is 0 Å². The number of nitrogens with zero attached hydrogens (tertiary/aromatic N) is 2. The molecule has 5 nitrogen and oxygen atoms in total. The lowest BCUT2D eigenvalue weighted by molar-refractivity contribution is 0.0646. The van der Waals surface area contributed by atoms with Crippen LogP contribution < -0.4 is 5.32 Å². The first kappa shape index (κ1) is 21.2. The fourth-order valence-electron chi connectivity index (χ4n) is 5.30. The van der Waals surface area contributed by atoms with E-state index in [0.717, 1.165) is 60.8 Å². The molecule has 1 saturated carbocycles. The van der Waals surface area contributed by atoms with Gasteiger partial charge in [-0.2, -0.15) is 0 Å². The molecule has 2 aliphatic heterocycles. The van der Waals surface area contributed by atoms with Crippen LogP contribution in [0.25, 0.3) is 11.1 Å². The number of hydrogen-bond donors (Lipinski definition) is 1. The summed E-state index contributed by atoms with van der Waals surface area (Å²) < 4.78 is 0. The van der Waals surface area contributed by atoms with Gasteiger partial charge in [0.05, 0.1) is 0 Å². The summed E-state index contributed by atoms with van der Waals surface area (Å²) in [5.41, 5.74) is 4.82. The summed E-state index contributed by atoms with van der Waals surface area (Å²) in [5, 5.41) is 2.92. The minimum absolute atomic E-state index is 0.0505. The monoisotopic (exact) mass is 431 g/mol. The van der Waals surface area contributed by atoms with Gasteiger partial charge in [-0.15, -0.1) is 0 Å². The van der Waals surface area contributed by atoms with Crippen LogP contribution in [0, 0.1) is 0 Å². The smallest absolute Gasteiger partial charge is 0.254 e. The van der Waals surface area contributed by atoms with Gasteiger partial charge in [0.1, 0.15) is 0 Å². The first-order valence-electron chi connectivity index (χ1n) is 12.1. The van der Waals surface area contributed by atoms with Gasteiger partial charge < -0.3 is 10.2 Å². The highest BCUT2D eigenvalue weighted by atomic mass is 16.2. The van der Waals surface area contributed by atoms with Crippen LogP contribution in [0.15, 0.2) is 42.5 Å². The molecular weight excluding hydrogens is 398 g/mol. The SMILES string of the molecule is CC(C)NC(=O)c1ccc(-c2ccc3c(c2)CCN([C@H]2CCN(C4CCC4)C2)C3=O)cc1. The van der Waals surface area contributed by atoms with E-state index >= 15 is 0 Å². The van der Waals surface area contributed by atoms with Crippen molar-refractivity contribution < 1.29 is 9.59 Å². The number of amides is 2. The van der Waals surface area contributed by atoms with Gasteiger partial charge in [0.2, 0.25) is 0 Å². The summed E-state index contributed by atoms with van der Waals surface area (Å²) in [7, 11) is 0. The zero-order valence-corrected chi connectivity index (χ0v) is 19.1. The number of carbonyl (C=O) groups excluding carboxylic acids is 2. The van der Waals surface area contributed by atoms with E-state index in [-0.39, 0.29) is 17.9 Å². The average molecular weight is 432 g/mol. The zero-order valence-electron chi connectivity index (χ0n) is 19.1. The van der Waals surface area contributed by atoms with E-state index < -0.39 is 0 Å². The van der Waals surface area contributed by atoms with Crippen LogP contribution in [0.4, 0.5) is 0 Å². The molecule has 2 aromatic carbocycles. The summed E-state index contributed by atoms with van der Waals surface area (Å²) in [6, 6.07) is 15.1. The molecule has 2 aromatic rings. The minimum Gasteiger partial charge on any atom is -0.350 e. The Morgan fingerprint density at radius 2 is 1.72 bits per heavy atom. The Hall–Kier alpha value is -2.66. The van der Waals surface area contributed by atoms with E-state index in [9.17, 15) is 9.59 Å². The third-order valence-electron chi connectivity index (χ3n) is 7.35. The Labute approximate surface area is 190 Å². The minimum atomic E-state index is -0.0505. The molecule has 0 aromatic heterocycles. The van der Waals surface area contributed by atoms with E-state index in [4.69, 9.17) is 0 Å². The molecule has 2 fully saturated rings. The molecule has 1 aliphatic carbocycles. The summed E-state index contributed by atoms with van der Waals surface area (Å²) >= 11 is 0. The predicted molar refractivity (Wildman–Crippen MR) is 127 cm³/mol. The highest BCUT2D eigenvalue weighted by molar-refractivity contribution is 5.98. The van der Waals surface area contributed by atoms with E-state index in [1.807, 2.05) is 50.2 Å². The molecule has 0 bridgehead atoms. The maximum atomic E-state index is 13.3. The number of benzene rings is 2. The fourth-order valence-corrected chi connectivity index (χ4v) is 5.30. The first-order chi connectivity index (χ1) is 15.5. The molecule has 5 heteroatoms. The van der Waals surface area contributed by atoms with Crippen LogP contribution in [0.5, 0.6) is 0 Å². The van der Waals surface area contributed by atoms with Gasteiger partial charge in [-0.3, -0.25) is 14.5 Å². The Bertz CT molecular complexity index is 1010. The van der Waals surface area contributed by atoms with Crippen LogP contribution >= 0.6 is 0 Å². The van der Waals surface area contributed by atoms with Gasteiger partial charge in [-0.05, 0) is 74.4 Å². The molecular formula is C27H33N3O2. The van der Waals surface area contributed by atoms with Gasteiger partial charge in [0, 0.05) is 48.9 Å². The third-order valence-corrected chi connectivity index (χ3v) is 7.35. The quantitative estimate of drug-likeness (QED) is 0.775. The second-order valence-electron chi connectivity index (χ2n) is 9.85. The molecule has 2 amide bonds. The maximum Gasteiger partial charge on any atom is 0.254 e. The number of nitrogens with one attached hydrogen (secondary N) is 1. The number of likely N-dealkylation sites (tertiary alicyclic amines) is 1. The molecule has 32 heavy (non-hydrogen) atoms. The molecule has 0 radical (unpaired) electrons. The Kier molecular flexibility index (Phi) is 5.76. The van der Waals surface area contributed by atoms with Crippen LogP contribution in [0.2, 0.25) is 0 Å². The fraction of sp³-hybridized carbons (Fsp3) is 0.481. The van der Waals surface area contributed by atoms with E-state index in [1.54, 1.807) is 0 Å². The molecule has 1 saturated heterocycles. The number of hydrogen-bond acceptors (Lipinski definition) is 3. The average Bonchev–Trinajstić information content (AvgIpc) is 3.21. The van der Waals surface area contributed by atoms with Gasteiger partial charge >= 0.3 is 0 Å². The molecule has 1 atom stereocenters.